The summed E-state index contributed by atoms with van der Waals surface area (Å²) in [7, 11) is 0. The summed E-state index contributed by atoms with van der Waals surface area (Å²) in [5.74, 6) is 0. The van der Waals surface area contributed by atoms with E-state index < -0.39 is 0 Å². The van der Waals surface area contributed by atoms with Crippen LogP contribution in [0.15, 0.2) is 267 Å². The zero-order valence-corrected chi connectivity index (χ0v) is 69.3. The largest absolute Gasteiger partial charge is 0.311 e. The van der Waals surface area contributed by atoms with Crippen LogP contribution in [0.5, 0.6) is 0 Å². The Labute approximate surface area is 660 Å². The highest BCUT2D eigenvalue weighted by atomic mass is 15.2. The average Bonchev–Trinajstić information content (AvgIpc) is 0.844. The zero-order valence-electron chi connectivity index (χ0n) is 69.3. The summed E-state index contributed by atoms with van der Waals surface area (Å²) in [6, 6.07) is 105. The fourth-order valence-corrected chi connectivity index (χ4v) is 18.4. The highest BCUT2D eigenvalue weighted by Gasteiger charge is 2.46. The zero-order chi connectivity index (χ0) is 78.1. The van der Waals surface area contributed by atoms with Gasteiger partial charge in [0.25, 0.3) is 6.71 Å². The molecule has 13 aromatic carbocycles. The quantitative estimate of drug-likeness (QED) is 0.141. The van der Waals surface area contributed by atoms with E-state index in [1.807, 2.05) is 0 Å². The van der Waals surface area contributed by atoms with Gasteiger partial charge in [-0.3, -0.25) is 0 Å². The third-order valence-electron chi connectivity index (χ3n) is 24.1. The molecule has 0 spiro atoms. The Morgan fingerprint density at radius 2 is 0.541 bits per heavy atom. The maximum absolute atomic E-state index is 2.75. The van der Waals surface area contributed by atoms with Crippen LogP contribution in [0.2, 0.25) is 0 Å². The number of hydrogen-bond donors (Lipinski definition) is 0. The predicted molar refractivity (Wildman–Crippen MR) is 482 cm³/mol. The van der Waals surface area contributed by atoms with E-state index in [0.717, 1.165) is 34.1 Å². The minimum Gasteiger partial charge on any atom is -0.311 e. The molecule has 0 fully saturated rings. The molecule has 2 aliphatic heterocycles. The molecule has 554 valence electrons. The third-order valence-corrected chi connectivity index (χ3v) is 24.1. The van der Waals surface area contributed by atoms with Crippen LogP contribution in [-0.2, 0) is 37.9 Å². The van der Waals surface area contributed by atoms with E-state index in [1.165, 1.54) is 155 Å². The van der Waals surface area contributed by atoms with E-state index in [9.17, 15) is 0 Å². The summed E-state index contributed by atoms with van der Waals surface area (Å²) in [4.78, 5) is 5.50. The molecule has 0 unspecified atom stereocenters. The van der Waals surface area contributed by atoms with Crippen molar-refractivity contribution < 1.29 is 0 Å². The van der Waals surface area contributed by atoms with Crippen molar-refractivity contribution >= 4 is 101 Å². The average molecular weight is 1450 g/mol. The topological polar surface area (TPSA) is 16.3 Å². The normalized spacial score (nSPS) is 13.6. The fraction of sp³-hybridized carbons (Fsp3) is 0.264. The van der Waals surface area contributed by atoms with Crippen molar-refractivity contribution in [1.82, 2.24) is 9.13 Å². The molecule has 17 rings (SSSR count). The summed E-state index contributed by atoms with van der Waals surface area (Å²) in [5.41, 5.74) is 35.3. The predicted octanol–water partition coefficient (Wildman–Crippen LogP) is 27.7. The summed E-state index contributed by atoms with van der Waals surface area (Å²) in [5, 5.41) is 5.01. The fourth-order valence-electron chi connectivity index (χ4n) is 18.4. The van der Waals surface area contributed by atoms with Crippen molar-refractivity contribution in [3.05, 3.63) is 306 Å². The number of hydrogen-bond acceptors (Lipinski definition) is 2. The molecule has 4 nitrogen and oxygen atoms in total. The SMILES string of the molecule is CC(C)(C)c1cc2c3c(c1)N(c1cc(-c4ccccc4C(C)(C)C)ccc1-c1ccccc1C(C)(C)C)c1cc(-n4c5ccccc5c5cc(C(C)(C)C)ccc54)ccc1B3c1ccc(-n3c4ccccc4c4cc(C(C)(C)C)ccc43)cc1N2c1cc(-c2ccccc2C(C)(C)C)ccc1-c1ccccc1C(C)(C)C. The van der Waals surface area contributed by atoms with Crippen LogP contribution in [-0.4, -0.2) is 15.8 Å². The Balaban J connectivity index is 1.06. The molecular weight excluding hydrogens is 1340 g/mol. The monoisotopic (exact) mass is 1450 g/mol. The molecule has 0 aliphatic carbocycles. The lowest BCUT2D eigenvalue weighted by atomic mass is 9.33. The van der Waals surface area contributed by atoms with Crippen LogP contribution in [0.25, 0.3) is 99.5 Å². The van der Waals surface area contributed by atoms with Gasteiger partial charge in [-0.15, -0.1) is 0 Å². The van der Waals surface area contributed by atoms with Gasteiger partial charge in [0.1, 0.15) is 0 Å². The molecule has 2 aromatic heterocycles. The lowest BCUT2D eigenvalue weighted by molar-refractivity contribution is 0.590. The van der Waals surface area contributed by atoms with Gasteiger partial charge >= 0.3 is 0 Å². The van der Waals surface area contributed by atoms with Crippen LogP contribution in [0.4, 0.5) is 34.1 Å². The summed E-state index contributed by atoms with van der Waals surface area (Å²) in [6.07, 6.45) is 0. The molecule has 0 N–H and O–H groups in total. The first-order valence-electron chi connectivity index (χ1n) is 40.3. The Hall–Kier alpha value is -10.9. The molecule has 5 heteroatoms. The minimum absolute atomic E-state index is 0.0433. The molecule has 15 aromatic rings. The van der Waals surface area contributed by atoms with E-state index in [0.29, 0.717) is 0 Å². The van der Waals surface area contributed by atoms with Crippen molar-refractivity contribution in [3.8, 4) is 55.9 Å². The molecule has 0 bridgehead atoms. The Morgan fingerprint density at radius 1 is 0.216 bits per heavy atom. The van der Waals surface area contributed by atoms with E-state index in [-0.39, 0.29) is 44.6 Å². The van der Waals surface area contributed by atoms with Gasteiger partial charge in [0.15, 0.2) is 0 Å². The van der Waals surface area contributed by atoms with Gasteiger partial charge in [0.05, 0.1) is 33.4 Å². The molecule has 0 radical (unpaired) electrons. The Bertz CT molecular complexity index is 5900. The van der Waals surface area contributed by atoms with Gasteiger partial charge in [-0.25, -0.2) is 0 Å². The van der Waals surface area contributed by atoms with Gasteiger partial charge in [-0.2, -0.15) is 0 Å². The molecule has 0 atom stereocenters. The van der Waals surface area contributed by atoms with Crippen molar-refractivity contribution in [3.63, 3.8) is 0 Å². The van der Waals surface area contributed by atoms with E-state index in [1.54, 1.807) is 0 Å². The number of benzene rings is 13. The van der Waals surface area contributed by atoms with Crippen LogP contribution in [0.1, 0.15) is 184 Å². The maximum atomic E-state index is 2.75. The summed E-state index contributed by atoms with van der Waals surface area (Å²) < 4.78 is 5.10. The molecule has 2 aliphatic rings. The lowest BCUT2D eigenvalue weighted by Gasteiger charge is -2.46. The highest BCUT2D eigenvalue weighted by molar-refractivity contribution is 7.00. The number of rotatable bonds is 8. The van der Waals surface area contributed by atoms with Crippen LogP contribution in [0, 0.1) is 0 Å². The number of nitrogens with zero attached hydrogens (tertiary/aromatic N) is 4. The molecule has 111 heavy (non-hydrogen) atoms. The molecule has 0 saturated carbocycles. The lowest BCUT2D eigenvalue weighted by Crippen LogP contribution is -2.61. The standard InChI is InChI=1S/C106H107BN4/c1-100(2,3)68-48-56-91-81(60-68)77-38-26-32-44-89(77)108(91)71-50-54-87-95(64-71)110(93-58-66(73-34-22-28-40-83(73)103(10,11)12)46-52-79(93)75-36-24-30-42-85(75)105(16,17)18)97-62-70(102(7,8)9)63-98-99(97)107(87)88-55-51-72(109-90-45-33-27-39-78(90)82-61-69(101(4,5)6)49-57-92(82)109)65-96(88)111(98)94-59-67(74-35-23-29-41-84(74)104(13,14)15)47-53-80(94)76-37-25-31-43-86(76)106(19,20)21/h22-65H,1-21H3. The number of para-hydroxylation sites is 2. The number of anilines is 6. The van der Waals surface area contributed by atoms with Gasteiger partial charge in [0, 0.05) is 66.8 Å². The van der Waals surface area contributed by atoms with E-state index >= 15 is 0 Å². The first-order valence-corrected chi connectivity index (χ1v) is 40.3. The number of fused-ring (bicyclic) bond motifs is 10. The third kappa shape index (κ3) is 12.4. The maximum Gasteiger partial charge on any atom is 0.252 e. The smallest absolute Gasteiger partial charge is 0.252 e. The second-order valence-corrected chi connectivity index (χ2v) is 39.1. The number of aromatic nitrogens is 2. The molecule has 0 amide bonds. The minimum atomic E-state index is -0.337. The first kappa shape index (κ1) is 73.0. The van der Waals surface area contributed by atoms with Gasteiger partial charge in [-0.1, -0.05) is 327 Å². The van der Waals surface area contributed by atoms with Gasteiger partial charge in [-0.05, 0) is 212 Å². The van der Waals surface area contributed by atoms with Crippen molar-refractivity contribution in [2.24, 2.45) is 0 Å². The van der Waals surface area contributed by atoms with Crippen molar-refractivity contribution in [2.75, 3.05) is 9.80 Å². The van der Waals surface area contributed by atoms with Crippen molar-refractivity contribution in [1.29, 1.82) is 0 Å². The van der Waals surface area contributed by atoms with Crippen molar-refractivity contribution in [2.45, 2.75) is 183 Å². The van der Waals surface area contributed by atoms with E-state index in [2.05, 4.69) is 431 Å². The Morgan fingerprint density at radius 3 is 0.901 bits per heavy atom. The van der Waals surface area contributed by atoms with Crippen LogP contribution in [0.3, 0.4) is 0 Å². The highest BCUT2D eigenvalue weighted by Crippen LogP contribution is 2.54. The van der Waals surface area contributed by atoms with E-state index in [4.69, 9.17) is 0 Å². The van der Waals surface area contributed by atoms with Crippen LogP contribution < -0.4 is 26.2 Å². The molecule has 0 saturated heterocycles. The second kappa shape index (κ2) is 25.9. The first-order chi connectivity index (χ1) is 52.5. The summed E-state index contributed by atoms with van der Waals surface area (Å²) >= 11 is 0. The molecular formula is C106H107BN4. The van der Waals surface area contributed by atoms with Crippen LogP contribution >= 0.6 is 0 Å². The Kier molecular flexibility index (Phi) is 17.0. The van der Waals surface area contributed by atoms with Gasteiger partial charge < -0.3 is 18.9 Å². The molecule has 4 heterocycles. The summed E-state index contributed by atoms with van der Waals surface area (Å²) in [6.45, 7) is 49.4. The second-order valence-electron chi connectivity index (χ2n) is 39.1. The van der Waals surface area contributed by atoms with Gasteiger partial charge in [0.2, 0.25) is 0 Å².